The predicted molar refractivity (Wildman–Crippen MR) is 168 cm³/mol. The maximum Gasteiger partial charge on any atom is 0.263 e. The molecule has 0 atom stereocenters. The molecule has 220 valence electrons. The molecule has 0 spiro atoms. The molecule has 0 radical (unpaired) electrons. The quantitative estimate of drug-likeness (QED) is 0.259. The number of thiazole rings is 1. The summed E-state index contributed by atoms with van der Waals surface area (Å²) < 4.78 is 5.36. The topological polar surface area (TPSA) is 113 Å². The van der Waals surface area contributed by atoms with Gasteiger partial charge in [-0.25, -0.2) is 15.0 Å². The fourth-order valence-electron chi connectivity index (χ4n) is 5.10. The number of benzene rings is 2. The highest BCUT2D eigenvalue weighted by Gasteiger charge is 2.21. The molecule has 0 aliphatic carbocycles. The molecule has 1 aliphatic heterocycles. The van der Waals surface area contributed by atoms with E-state index in [1.807, 2.05) is 54.3 Å². The van der Waals surface area contributed by atoms with E-state index >= 15 is 0 Å². The van der Waals surface area contributed by atoms with Crippen molar-refractivity contribution in [2.24, 2.45) is 0 Å². The molecule has 2 aromatic carbocycles. The monoisotopic (exact) mass is 594 g/mol. The number of H-pyrrole nitrogens is 1. The first kappa shape index (κ1) is 28.7. The number of aromatic amines is 1. The van der Waals surface area contributed by atoms with Crippen molar-refractivity contribution in [3.8, 4) is 22.5 Å². The molecule has 43 heavy (non-hydrogen) atoms. The van der Waals surface area contributed by atoms with Crippen LogP contribution in [0, 0.1) is 6.92 Å². The molecule has 0 saturated carbocycles. The van der Waals surface area contributed by atoms with Crippen LogP contribution in [0.15, 0.2) is 61.1 Å². The number of amides is 2. The second-order valence-electron chi connectivity index (χ2n) is 11.8. The zero-order valence-electron chi connectivity index (χ0n) is 24.7. The number of fused-ring (bicyclic) bond motifs is 1. The van der Waals surface area contributed by atoms with Crippen molar-refractivity contribution < 1.29 is 14.3 Å². The Labute approximate surface area is 254 Å². The van der Waals surface area contributed by atoms with Crippen molar-refractivity contribution in [3.63, 3.8) is 0 Å². The molecule has 10 heteroatoms. The van der Waals surface area contributed by atoms with Crippen LogP contribution in [0.25, 0.3) is 33.5 Å². The normalized spacial score (nSPS) is 13.8. The van der Waals surface area contributed by atoms with Crippen LogP contribution in [0.2, 0.25) is 0 Å². The summed E-state index contributed by atoms with van der Waals surface area (Å²) >= 11 is 1.43. The lowest BCUT2D eigenvalue weighted by molar-refractivity contribution is 0.0303. The third-order valence-corrected chi connectivity index (χ3v) is 9.02. The summed E-state index contributed by atoms with van der Waals surface area (Å²) in [6.07, 6.45) is 3.22. The van der Waals surface area contributed by atoms with Crippen molar-refractivity contribution in [2.45, 2.75) is 39.7 Å². The Morgan fingerprint density at radius 3 is 2.44 bits per heavy atom. The van der Waals surface area contributed by atoms with E-state index in [4.69, 9.17) is 4.74 Å². The van der Waals surface area contributed by atoms with E-state index in [-0.39, 0.29) is 17.2 Å². The summed E-state index contributed by atoms with van der Waals surface area (Å²) in [5.41, 5.74) is 7.05. The molecular weight excluding hydrogens is 560 g/mol. The van der Waals surface area contributed by atoms with Gasteiger partial charge in [-0.2, -0.15) is 0 Å². The largest absolute Gasteiger partial charge is 0.378 e. The minimum absolute atomic E-state index is 0.0243. The van der Waals surface area contributed by atoms with Crippen LogP contribution in [0.3, 0.4) is 0 Å². The molecule has 1 aliphatic rings. The lowest BCUT2D eigenvalue weighted by Crippen LogP contribution is -2.40. The number of aromatic nitrogens is 4. The van der Waals surface area contributed by atoms with E-state index in [0.29, 0.717) is 43.3 Å². The molecule has 9 nitrogen and oxygen atoms in total. The third kappa shape index (κ3) is 6.07. The lowest BCUT2D eigenvalue weighted by Gasteiger charge is -2.26. The van der Waals surface area contributed by atoms with Crippen molar-refractivity contribution >= 4 is 34.2 Å². The lowest BCUT2D eigenvalue weighted by atomic mass is 9.98. The van der Waals surface area contributed by atoms with E-state index < -0.39 is 0 Å². The summed E-state index contributed by atoms with van der Waals surface area (Å²) in [6.45, 7) is 11.1. The minimum Gasteiger partial charge on any atom is -0.378 e. The number of hydrogen-bond donors (Lipinski definition) is 2. The summed E-state index contributed by atoms with van der Waals surface area (Å²) in [4.78, 5) is 44.9. The van der Waals surface area contributed by atoms with Crippen LogP contribution in [-0.2, 0) is 16.7 Å². The smallest absolute Gasteiger partial charge is 0.263 e. The molecule has 3 aromatic heterocycles. The van der Waals surface area contributed by atoms with Crippen molar-refractivity contribution in [2.75, 3.05) is 26.3 Å². The number of aryl methyl sites for hydroxylation is 1. The minimum atomic E-state index is -0.118. The Hall–Kier alpha value is -4.41. The highest BCUT2D eigenvalue weighted by atomic mass is 32.1. The zero-order valence-corrected chi connectivity index (χ0v) is 25.5. The fourth-order valence-corrected chi connectivity index (χ4v) is 5.99. The van der Waals surface area contributed by atoms with Crippen LogP contribution < -0.4 is 5.32 Å². The number of carbonyl (C=O) groups excluding carboxylic acids is 2. The molecule has 1 saturated heterocycles. The van der Waals surface area contributed by atoms with Gasteiger partial charge in [0.2, 0.25) is 0 Å². The fraction of sp³-hybridized carbons (Fsp3) is 0.303. The first-order valence-electron chi connectivity index (χ1n) is 14.3. The molecule has 4 heterocycles. The van der Waals surface area contributed by atoms with Gasteiger partial charge >= 0.3 is 0 Å². The summed E-state index contributed by atoms with van der Waals surface area (Å²) in [5, 5.41) is 4.88. The van der Waals surface area contributed by atoms with E-state index in [1.54, 1.807) is 12.5 Å². The molecule has 2 amide bonds. The number of morpholine rings is 1. The van der Waals surface area contributed by atoms with Gasteiger partial charge in [-0.15, -0.1) is 11.3 Å². The van der Waals surface area contributed by atoms with Crippen LogP contribution in [0.1, 0.15) is 56.9 Å². The van der Waals surface area contributed by atoms with Gasteiger partial charge in [-0.3, -0.25) is 9.59 Å². The maximum atomic E-state index is 12.8. The SMILES string of the molecule is Cc1cc(-c2ncnc3[nH]c(-c4ccc(C(=O)N5CCOCC5)cc4)cc23)ccc1CNC(=O)c1cnc(C(C)(C)C)s1. The average Bonchev–Trinajstić information content (AvgIpc) is 3.69. The van der Waals surface area contributed by atoms with Crippen LogP contribution in [0.4, 0.5) is 0 Å². The van der Waals surface area contributed by atoms with Gasteiger partial charge in [0, 0.05) is 47.3 Å². The molecule has 0 unspecified atom stereocenters. The molecule has 1 fully saturated rings. The Morgan fingerprint density at radius 1 is 1.00 bits per heavy atom. The highest BCUT2D eigenvalue weighted by molar-refractivity contribution is 7.13. The summed E-state index contributed by atoms with van der Waals surface area (Å²) in [7, 11) is 0. The second kappa shape index (κ2) is 11.7. The highest BCUT2D eigenvalue weighted by Crippen LogP contribution is 2.31. The van der Waals surface area contributed by atoms with E-state index in [0.717, 1.165) is 49.7 Å². The molecule has 2 N–H and O–H groups in total. The standard InChI is InChI=1S/C33H34N6O3S/c1-20-15-23(9-10-24(20)17-34-30(40)27-18-35-32(43-27)33(2,3)4)28-25-16-26(38-29(25)37-19-36-28)21-5-7-22(8-6-21)31(41)39-11-13-42-14-12-39/h5-10,15-16,18-19H,11-14,17H2,1-4H3,(H,34,40)(H,36,37,38). The first-order valence-corrected chi connectivity index (χ1v) is 15.1. The van der Waals surface area contributed by atoms with Gasteiger partial charge in [0.25, 0.3) is 11.8 Å². The summed E-state index contributed by atoms with van der Waals surface area (Å²) in [6, 6.07) is 15.8. The number of carbonyl (C=O) groups is 2. The number of hydrogen-bond acceptors (Lipinski definition) is 7. The van der Waals surface area contributed by atoms with Gasteiger partial charge in [0.15, 0.2) is 0 Å². The first-order chi connectivity index (χ1) is 20.7. The van der Waals surface area contributed by atoms with Gasteiger partial charge in [-0.05, 0) is 47.9 Å². The Bertz CT molecular complexity index is 1800. The number of nitrogens with zero attached hydrogens (tertiary/aromatic N) is 4. The predicted octanol–water partition coefficient (Wildman–Crippen LogP) is 5.76. The third-order valence-electron chi connectivity index (χ3n) is 7.59. The number of rotatable bonds is 6. The summed E-state index contributed by atoms with van der Waals surface area (Å²) in [5.74, 6) is -0.0939. The maximum absolute atomic E-state index is 12.8. The Kier molecular flexibility index (Phi) is 7.81. The van der Waals surface area contributed by atoms with Gasteiger partial charge < -0.3 is 19.9 Å². The Balaban J connectivity index is 1.18. The molecular formula is C33H34N6O3S. The number of nitrogens with one attached hydrogen (secondary N) is 2. The number of ether oxygens (including phenoxy) is 1. The van der Waals surface area contributed by atoms with Crippen LogP contribution >= 0.6 is 11.3 Å². The van der Waals surface area contributed by atoms with Crippen molar-refractivity contribution in [1.82, 2.24) is 30.2 Å². The zero-order chi connectivity index (χ0) is 30.1. The van der Waals surface area contributed by atoms with Crippen LogP contribution in [-0.4, -0.2) is 63.0 Å². The Morgan fingerprint density at radius 2 is 1.74 bits per heavy atom. The van der Waals surface area contributed by atoms with Gasteiger partial charge in [0.05, 0.1) is 30.1 Å². The van der Waals surface area contributed by atoms with E-state index in [9.17, 15) is 9.59 Å². The van der Waals surface area contributed by atoms with Gasteiger partial charge in [0.1, 0.15) is 16.9 Å². The molecule has 6 rings (SSSR count). The molecule has 0 bridgehead atoms. The van der Waals surface area contributed by atoms with E-state index in [2.05, 4.69) is 52.1 Å². The van der Waals surface area contributed by atoms with Crippen LogP contribution in [0.5, 0.6) is 0 Å². The van der Waals surface area contributed by atoms with Crippen molar-refractivity contribution in [1.29, 1.82) is 0 Å². The van der Waals surface area contributed by atoms with Gasteiger partial charge in [-0.1, -0.05) is 45.0 Å². The average molecular weight is 595 g/mol. The second-order valence-corrected chi connectivity index (χ2v) is 12.8. The van der Waals surface area contributed by atoms with E-state index in [1.165, 1.54) is 11.3 Å². The van der Waals surface area contributed by atoms with Crippen molar-refractivity contribution in [3.05, 3.63) is 87.6 Å². The molecule has 5 aromatic rings.